The number of amides is 1. The lowest BCUT2D eigenvalue weighted by Gasteiger charge is -2.21. The minimum absolute atomic E-state index is 0.0452. The van der Waals surface area contributed by atoms with Gasteiger partial charge in [-0.2, -0.15) is 17.0 Å². The molecular weight excluding hydrogens is 208 g/mol. The summed E-state index contributed by atoms with van der Waals surface area (Å²) in [5, 5.41) is 12.3. The summed E-state index contributed by atoms with van der Waals surface area (Å²) in [5.74, 6) is 1.17. The molecule has 0 aromatic carbocycles. The number of nitrogens with one attached hydrogen (secondary N) is 1. The Labute approximate surface area is 94.6 Å². The smallest absolute Gasteiger partial charge is 0.240 e. The Morgan fingerprint density at radius 1 is 1.53 bits per heavy atom. The minimum Gasteiger partial charge on any atom is -0.354 e. The van der Waals surface area contributed by atoms with Gasteiger partial charge in [0, 0.05) is 11.8 Å². The van der Waals surface area contributed by atoms with E-state index in [1.807, 2.05) is 11.8 Å². The van der Waals surface area contributed by atoms with E-state index < -0.39 is 5.41 Å². The molecule has 2 rings (SSSR count). The maximum atomic E-state index is 11.7. The Morgan fingerprint density at radius 2 is 2.33 bits per heavy atom. The minimum atomic E-state index is -0.653. The van der Waals surface area contributed by atoms with Crippen LogP contribution in [0.1, 0.15) is 32.1 Å². The summed E-state index contributed by atoms with van der Waals surface area (Å²) in [7, 11) is 0. The molecule has 1 unspecified atom stereocenters. The SMILES string of the molecule is N#CC1(C(=O)NCC2CCCCS2)CC1. The molecule has 1 aliphatic carbocycles. The van der Waals surface area contributed by atoms with Gasteiger partial charge in [-0.1, -0.05) is 6.42 Å². The number of carbonyl (C=O) groups excluding carboxylic acids is 1. The lowest BCUT2D eigenvalue weighted by atomic mass is 10.1. The van der Waals surface area contributed by atoms with Crippen LogP contribution < -0.4 is 5.32 Å². The van der Waals surface area contributed by atoms with Crippen molar-refractivity contribution in [2.24, 2.45) is 5.41 Å². The highest BCUT2D eigenvalue weighted by molar-refractivity contribution is 7.99. The molecule has 0 bridgehead atoms. The predicted molar refractivity (Wildman–Crippen MR) is 60.4 cm³/mol. The molecule has 0 aromatic rings. The van der Waals surface area contributed by atoms with E-state index in [9.17, 15) is 4.79 Å². The molecule has 1 heterocycles. The van der Waals surface area contributed by atoms with Gasteiger partial charge in [0.05, 0.1) is 6.07 Å². The second-order valence-corrected chi connectivity index (χ2v) is 5.80. The number of thioether (sulfide) groups is 1. The number of carbonyl (C=O) groups is 1. The molecule has 1 atom stereocenters. The third-order valence-corrected chi connectivity index (χ3v) is 4.56. The van der Waals surface area contributed by atoms with E-state index >= 15 is 0 Å². The summed E-state index contributed by atoms with van der Waals surface area (Å²) in [6.07, 6.45) is 5.26. The highest BCUT2D eigenvalue weighted by Gasteiger charge is 2.50. The van der Waals surface area contributed by atoms with E-state index in [2.05, 4.69) is 11.4 Å². The molecule has 3 nitrogen and oxygen atoms in total. The molecule has 1 aliphatic heterocycles. The van der Waals surface area contributed by atoms with E-state index in [1.165, 1.54) is 25.0 Å². The molecule has 82 valence electrons. The number of rotatable bonds is 3. The van der Waals surface area contributed by atoms with Gasteiger partial charge in [-0.15, -0.1) is 0 Å². The van der Waals surface area contributed by atoms with Crippen molar-refractivity contribution in [1.29, 1.82) is 5.26 Å². The molecule has 1 saturated carbocycles. The number of hydrogen-bond donors (Lipinski definition) is 1. The molecule has 0 radical (unpaired) electrons. The van der Waals surface area contributed by atoms with Gasteiger partial charge in [0.15, 0.2) is 0 Å². The summed E-state index contributed by atoms with van der Waals surface area (Å²) in [6, 6.07) is 2.12. The molecule has 1 saturated heterocycles. The standard InChI is InChI=1S/C11H16N2OS/c12-8-11(4-5-11)10(14)13-7-9-3-1-2-6-15-9/h9H,1-7H2,(H,13,14). The van der Waals surface area contributed by atoms with Crippen molar-refractivity contribution in [2.45, 2.75) is 37.4 Å². The molecule has 2 fully saturated rings. The second-order valence-electron chi connectivity index (χ2n) is 4.39. The first-order valence-corrected chi connectivity index (χ1v) is 6.63. The molecule has 1 N–H and O–H groups in total. The first-order valence-electron chi connectivity index (χ1n) is 5.58. The average Bonchev–Trinajstić information content (AvgIpc) is 3.08. The van der Waals surface area contributed by atoms with Crippen molar-refractivity contribution < 1.29 is 4.79 Å². The Bertz CT molecular complexity index is 287. The Kier molecular flexibility index (Phi) is 3.20. The first kappa shape index (κ1) is 10.8. The Balaban J connectivity index is 1.73. The second kappa shape index (κ2) is 4.44. The third-order valence-electron chi connectivity index (χ3n) is 3.16. The van der Waals surface area contributed by atoms with Crippen LogP contribution in [0, 0.1) is 16.7 Å². The van der Waals surface area contributed by atoms with Crippen molar-refractivity contribution >= 4 is 17.7 Å². The van der Waals surface area contributed by atoms with Crippen LogP contribution in [0.4, 0.5) is 0 Å². The fourth-order valence-electron chi connectivity index (χ4n) is 1.86. The number of nitrogens with zero attached hydrogens (tertiary/aromatic N) is 1. The predicted octanol–water partition coefficient (Wildman–Crippen LogP) is 1.69. The van der Waals surface area contributed by atoms with Crippen molar-refractivity contribution in [3.63, 3.8) is 0 Å². The van der Waals surface area contributed by atoms with E-state index in [0.717, 1.165) is 19.4 Å². The van der Waals surface area contributed by atoms with E-state index in [1.54, 1.807) is 0 Å². The zero-order chi connectivity index (χ0) is 10.7. The highest BCUT2D eigenvalue weighted by atomic mass is 32.2. The lowest BCUT2D eigenvalue weighted by Crippen LogP contribution is -2.36. The van der Waals surface area contributed by atoms with Crippen molar-refractivity contribution in [3.05, 3.63) is 0 Å². The van der Waals surface area contributed by atoms with E-state index in [0.29, 0.717) is 5.25 Å². The summed E-state index contributed by atoms with van der Waals surface area (Å²) >= 11 is 1.95. The molecule has 0 spiro atoms. The normalized spacial score (nSPS) is 27.8. The average molecular weight is 224 g/mol. The summed E-state index contributed by atoms with van der Waals surface area (Å²) in [4.78, 5) is 11.7. The quantitative estimate of drug-likeness (QED) is 0.793. The highest BCUT2D eigenvalue weighted by Crippen LogP contribution is 2.45. The van der Waals surface area contributed by atoms with Gasteiger partial charge in [0.1, 0.15) is 5.41 Å². The van der Waals surface area contributed by atoms with Gasteiger partial charge >= 0.3 is 0 Å². The largest absolute Gasteiger partial charge is 0.354 e. The fourth-order valence-corrected chi connectivity index (χ4v) is 3.10. The van der Waals surface area contributed by atoms with Gasteiger partial charge in [0.25, 0.3) is 0 Å². The topological polar surface area (TPSA) is 52.9 Å². The number of nitriles is 1. The molecule has 1 amide bonds. The maximum absolute atomic E-state index is 11.7. The molecule has 0 aromatic heterocycles. The van der Waals surface area contributed by atoms with Crippen molar-refractivity contribution in [3.8, 4) is 6.07 Å². The van der Waals surface area contributed by atoms with Crippen LogP contribution >= 0.6 is 11.8 Å². The van der Waals surface area contributed by atoms with Crippen LogP contribution in [-0.2, 0) is 4.79 Å². The van der Waals surface area contributed by atoms with Gasteiger partial charge in [-0.25, -0.2) is 0 Å². The first-order chi connectivity index (χ1) is 7.27. The van der Waals surface area contributed by atoms with Crippen LogP contribution in [0.5, 0.6) is 0 Å². The Hall–Kier alpha value is -0.690. The molecular formula is C11H16N2OS. The monoisotopic (exact) mass is 224 g/mol. The van der Waals surface area contributed by atoms with Crippen LogP contribution in [0.15, 0.2) is 0 Å². The van der Waals surface area contributed by atoms with Gasteiger partial charge < -0.3 is 5.32 Å². The van der Waals surface area contributed by atoms with Gasteiger partial charge in [0.2, 0.25) is 5.91 Å². The van der Waals surface area contributed by atoms with Crippen LogP contribution in [0.2, 0.25) is 0 Å². The number of hydrogen-bond acceptors (Lipinski definition) is 3. The lowest BCUT2D eigenvalue weighted by molar-refractivity contribution is -0.124. The molecule has 2 aliphatic rings. The zero-order valence-corrected chi connectivity index (χ0v) is 9.61. The van der Waals surface area contributed by atoms with E-state index in [-0.39, 0.29) is 5.91 Å². The summed E-state index contributed by atoms with van der Waals surface area (Å²) in [6.45, 7) is 0.743. The fraction of sp³-hybridized carbons (Fsp3) is 0.818. The maximum Gasteiger partial charge on any atom is 0.240 e. The van der Waals surface area contributed by atoms with Gasteiger partial charge in [-0.3, -0.25) is 4.79 Å². The van der Waals surface area contributed by atoms with Crippen molar-refractivity contribution in [1.82, 2.24) is 5.32 Å². The van der Waals surface area contributed by atoms with Crippen LogP contribution in [0.25, 0.3) is 0 Å². The summed E-state index contributed by atoms with van der Waals surface area (Å²) < 4.78 is 0. The zero-order valence-electron chi connectivity index (χ0n) is 8.79. The Morgan fingerprint density at radius 3 is 2.87 bits per heavy atom. The molecule has 4 heteroatoms. The van der Waals surface area contributed by atoms with Crippen molar-refractivity contribution in [2.75, 3.05) is 12.3 Å². The van der Waals surface area contributed by atoms with Crippen LogP contribution in [-0.4, -0.2) is 23.5 Å². The van der Waals surface area contributed by atoms with Gasteiger partial charge in [-0.05, 0) is 31.4 Å². The van der Waals surface area contributed by atoms with E-state index in [4.69, 9.17) is 5.26 Å². The molecule has 15 heavy (non-hydrogen) atoms. The third kappa shape index (κ3) is 2.46. The van der Waals surface area contributed by atoms with Crippen LogP contribution in [0.3, 0.4) is 0 Å². The summed E-state index contributed by atoms with van der Waals surface area (Å²) in [5.41, 5.74) is -0.653.